The highest BCUT2D eigenvalue weighted by molar-refractivity contribution is 5.42. The van der Waals surface area contributed by atoms with E-state index in [-0.39, 0.29) is 6.04 Å². The number of nitrogens with zero attached hydrogens (tertiary/aromatic N) is 2. The molecule has 0 aliphatic rings. The minimum absolute atomic E-state index is 0.301. The maximum atomic E-state index is 13.8. The number of halogens is 2. The Hall–Kier alpha value is -1.97. The number of hydrogen-bond acceptors (Lipinski definition) is 2. The van der Waals surface area contributed by atoms with Crippen LogP contribution in [0.15, 0.2) is 36.4 Å². The number of anilines is 1. The van der Waals surface area contributed by atoms with Gasteiger partial charge in [0.25, 0.3) is 0 Å². The Labute approximate surface area is 111 Å². The monoisotopic (exact) mass is 262 g/mol. The van der Waals surface area contributed by atoms with Gasteiger partial charge in [-0.25, -0.2) is 13.8 Å². The first-order chi connectivity index (χ1) is 8.99. The molecular formula is C15H16F2N2. The Morgan fingerprint density at radius 3 is 2.58 bits per heavy atom. The molecule has 1 atom stereocenters. The van der Waals surface area contributed by atoms with Crippen LogP contribution in [0.5, 0.6) is 0 Å². The van der Waals surface area contributed by atoms with E-state index >= 15 is 0 Å². The zero-order valence-corrected chi connectivity index (χ0v) is 11.2. The molecule has 2 nitrogen and oxygen atoms in total. The summed E-state index contributed by atoms with van der Waals surface area (Å²) in [6.07, 6.45) is 0. The van der Waals surface area contributed by atoms with Gasteiger partial charge in [0.1, 0.15) is 17.5 Å². The number of benzene rings is 1. The van der Waals surface area contributed by atoms with Crippen LogP contribution in [-0.4, -0.2) is 12.0 Å². The molecule has 4 heteroatoms. The fraction of sp³-hybridized carbons (Fsp3) is 0.267. The van der Waals surface area contributed by atoms with E-state index < -0.39 is 11.6 Å². The van der Waals surface area contributed by atoms with E-state index in [2.05, 4.69) is 4.98 Å². The van der Waals surface area contributed by atoms with Gasteiger partial charge in [0.15, 0.2) is 0 Å². The maximum Gasteiger partial charge on any atom is 0.129 e. The first kappa shape index (κ1) is 13.5. The summed E-state index contributed by atoms with van der Waals surface area (Å²) in [6, 6.07) is 8.83. The van der Waals surface area contributed by atoms with Crippen molar-refractivity contribution in [2.45, 2.75) is 19.9 Å². The Kier molecular flexibility index (Phi) is 3.79. The molecule has 0 saturated carbocycles. The zero-order valence-electron chi connectivity index (χ0n) is 11.2. The Bertz CT molecular complexity index is 584. The van der Waals surface area contributed by atoms with Crippen molar-refractivity contribution in [2.24, 2.45) is 0 Å². The van der Waals surface area contributed by atoms with Crippen molar-refractivity contribution < 1.29 is 8.78 Å². The summed E-state index contributed by atoms with van der Waals surface area (Å²) in [7, 11) is 1.82. The summed E-state index contributed by atoms with van der Waals surface area (Å²) in [5.41, 5.74) is 1.21. The summed E-state index contributed by atoms with van der Waals surface area (Å²) in [5, 5.41) is 0. The largest absolute Gasteiger partial charge is 0.353 e. The molecule has 1 aromatic carbocycles. The van der Waals surface area contributed by atoms with Gasteiger partial charge >= 0.3 is 0 Å². The predicted molar refractivity (Wildman–Crippen MR) is 72.2 cm³/mol. The molecule has 0 bridgehead atoms. The van der Waals surface area contributed by atoms with E-state index in [0.717, 1.165) is 23.6 Å². The highest BCUT2D eigenvalue weighted by Crippen LogP contribution is 2.26. The van der Waals surface area contributed by atoms with E-state index in [1.54, 1.807) is 0 Å². The number of aromatic nitrogens is 1. The van der Waals surface area contributed by atoms with Gasteiger partial charge in [-0.05, 0) is 44.2 Å². The maximum absolute atomic E-state index is 13.8. The van der Waals surface area contributed by atoms with Gasteiger partial charge < -0.3 is 4.90 Å². The van der Waals surface area contributed by atoms with Crippen molar-refractivity contribution in [2.75, 3.05) is 11.9 Å². The minimum Gasteiger partial charge on any atom is -0.353 e. The second-order valence-corrected chi connectivity index (χ2v) is 4.59. The second-order valence-electron chi connectivity index (χ2n) is 4.59. The fourth-order valence-corrected chi connectivity index (χ4v) is 1.97. The Balaban J connectivity index is 2.33. The van der Waals surface area contributed by atoms with E-state index in [4.69, 9.17) is 0 Å². The summed E-state index contributed by atoms with van der Waals surface area (Å²) in [6.45, 7) is 3.71. The Morgan fingerprint density at radius 1 is 1.16 bits per heavy atom. The smallest absolute Gasteiger partial charge is 0.129 e. The first-order valence-corrected chi connectivity index (χ1v) is 6.10. The molecular weight excluding hydrogens is 246 g/mol. The van der Waals surface area contributed by atoms with Crippen molar-refractivity contribution in [1.29, 1.82) is 0 Å². The molecule has 0 aliphatic carbocycles. The highest BCUT2D eigenvalue weighted by Gasteiger charge is 2.17. The van der Waals surface area contributed by atoms with Gasteiger partial charge in [-0.2, -0.15) is 0 Å². The van der Waals surface area contributed by atoms with Gasteiger partial charge in [0.2, 0.25) is 0 Å². The molecule has 2 rings (SSSR count). The minimum atomic E-state index is -0.436. The molecule has 0 saturated heterocycles. The molecule has 0 aliphatic heterocycles. The number of aryl methyl sites for hydroxylation is 1. The van der Waals surface area contributed by atoms with Crippen LogP contribution in [-0.2, 0) is 0 Å². The predicted octanol–water partition coefficient (Wildman–Crippen LogP) is 3.87. The molecule has 0 spiro atoms. The van der Waals surface area contributed by atoms with Crippen LogP contribution in [0.2, 0.25) is 0 Å². The van der Waals surface area contributed by atoms with E-state index in [1.807, 2.05) is 44.0 Å². The lowest BCUT2D eigenvalue weighted by Crippen LogP contribution is -2.23. The van der Waals surface area contributed by atoms with Gasteiger partial charge in [-0.3, -0.25) is 0 Å². The molecule has 100 valence electrons. The average molecular weight is 262 g/mol. The first-order valence-electron chi connectivity index (χ1n) is 6.10. The summed E-state index contributed by atoms with van der Waals surface area (Å²) < 4.78 is 27.0. The van der Waals surface area contributed by atoms with Gasteiger partial charge in [-0.15, -0.1) is 0 Å². The van der Waals surface area contributed by atoms with Crippen molar-refractivity contribution in [1.82, 2.24) is 4.98 Å². The standard InChI is InChI=1S/C15H16F2N2/c1-10-5-4-6-15(18-10)19(3)11(2)13-9-12(16)7-8-14(13)17/h4-9,11H,1-3H3. The topological polar surface area (TPSA) is 16.1 Å². The van der Waals surface area contributed by atoms with E-state index in [1.165, 1.54) is 6.07 Å². The lowest BCUT2D eigenvalue weighted by atomic mass is 10.1. The van der Waals surface area contributed by atoms with Crippen molar-refractivity contribution in [3.63, 3.8) is 0 Å². The highest BCUT2D eigenvalue weighted by atomic mass is 19.1. The quantitative estimate of drug-likeness (QED) is 0.834. The van der Waals surface area contributed by atoms with E-state index in [9.17, 15) is 8.78 Å². The number of pyridine rings is 1. The van der Waals surface area contributed by atoms with Crippen LogP contribution in [0.25, 0.3) is 0 Å². The third-order valence-corrected chi connectivity index (χ3v) is 3.22. The summed E-state index contributed by atoms with van der Waals surface area (Å²) in [5.74, 6) is -0.113. The molecule has 0 amide bonds. The van der Waals surface area contributed by atoms with Crippen LogP contribution in [0.3, 0.4) is 0 Å². The molecule has 2 aromatic rings. The molecule has 0 radical (unpaired) electrons. The SMILES string of the molecule is Cc1cccc(N(C)C(C)c2cc(F)ccc2F)n1. The van der Waals surface area contributed by atoms with Crippen LogP contribution in [0.1, 0.15) is 24.2 Å². The number of rotatable bonds is 3. The van der Waals surface area contributed by atoms with Crippen LogP contribution >= 0.6 is 0 Å². The summed E-state index contributed by atoms with van der Waals surface area (Å²) >= 11 is 0. The van der Waals surface area contributed by atoms with Gasteiger partial charge in [-0.1, -0.05) is 6.07 Å². The molecule has 1 heterocycles. The van der Waals surface area contributed by atoms with Crippen LogP contribution in [0.4, 0.5) is 14.6 Å². The van der Waals surface area contributed by atoms with Crippen LogP contribution < -0.4 is 4.90 Å². The van der Waals surface area contributed by atoms with Crippen molar-refractivity contribution in [3.05, 3.63) is 59.3 Å². The average Bonchev–Trinajstić information content (AvgIpc) is 2.40. The molecule has 0 fully saturated rings. The molecule has 1 aromatic heterocycles. The normalized spacial score (nSPS) is 12.3. The molecule has 19 heavy (non-hydrogen) atoms. The van der Waals surface area contributed by atoms with Gasteiger partial charge in [0, 0.05) is 18.3 Å². The Morgan fingerprint density at radius 2 is 1.89 bits per heavy atom. The third kappa shape index (κ3) is 2.89. The lowest BCUT2D eigenvalue weighted by Gasteiger charge is -2.26. The van der Waals surface area contributed by atoms with Crippen molar-refractivity contribution >= 4 is 5.82 Å². The number of hydrogen-bond donors (Lipinski definition) is 0. The second kappa shape index (κ2) is 5.34. The molecule has 0 N–H and O–H groups in total. The van der Waals surface area contributed by atoms with Crippen molar-refractivity contribution in [3.8, 4) is 0 Å². The fourth-order valence-electron chi connectivity index (χ4n) is 1.97. The lowest BCUT2D eigenvalue weighted by molar-refractivity contribution is 0.564. The summed E-state index contributed by atoms with van der Waals surface area (Å²) in [4.78, 5) is 6.21. The van der Waals surface area contributed by atoms with Gasteiger partial charge in [0.05, 0.1) is 6.04 Å². The third-order valence-electron chi connectivity index (χ3n) is 3.22. The van der Waals surface area contributed by atoms with Crippen LogP contribution in [0, 0.1) is 18.6 Å². The van der Waals surface area contributed by atoms with E-state index in [0.29, 0.717) is 5.56 Å². The molecule has 1 unspecified atom stereocenters. The zero-order chi connectivity index (χ0) is 14.0.